The molecule has 41 heavy (non-hydrogen) atoms. The predicted molar refractivity (Wildman–Crippen MR) is 198 cm³/mol. The molecule has 0 saturated heterocycles. The SMILES string of the molecule is BrBr.CC(C)(C)CC(=O)Cl.CC(C)(C)CC(=O)c1cc(Br)c(Br)s1.CC(C)(C)CC(=O)c1cccs1.c1ccsc1. The minimum atomic E-state index is -0.252. The van der Waals surface area contributed by atoms with Gasteiger partial charge in [0.05, 0.1) is 13.5 Å². The van der Waals surface area contributed by atoms with E-state index in [0.717, 1.165) is 18.0 Å². The molecule has 0 aliphatic heterocycles. The molecule has 3 aromatic heterocycles. The first-order valence-electron chi connectivity index (χ1n) is 12.5. The van der Waals surface area contributed by atoms with Gasteiger partial charge in [0.1, 0.15) is 0 Å². The second-order valence-electron chi connectivity index (χ2n) is 12.4. The van der Waals surface area contributed by atoms with Crippen LogP contribution in [0.25, 0.3) is 0 Å². The lowest BCUT2D eigenvalue weighted by molar-refractivity contribution is -0.113. The van der Waals surface area contributed by atoms with Gasteiger partial charge in [0.25, 0.3) is 0 Å². The van der Waals surface area contributed by atoms with E-state index in [2.05, 4.69) is 102 Å². The maximum atomic E-state index is 11.8. The molecule has 0 unspecified atom stereocenters. The maximum absolute atomic E-state index is 11.8. The molecule has 0 aromatic carbocycles. The largest absolute Gasteiger partial charge is 0.293 e. The van der Waals surface area contributed by atoms with Crippen molar-refractivity contribution in [3.8, 4) is 0 Å². The zero-order valence-electron chi connectivity index (χ0n) is 25.1. The first kappa shape index (κ1) is 43.4. The van der Waals surface area contributed by atoms with Gasteiger partial charge in [0, 0.05) is 52.0 Å². The molecule has 0 amide bonds. The van der Waals surface area contributed by atoms with Crippen molar-refractivity contribution in [1.82, 2.24) is 0 Å². The molecule has 3 nitrogen and oxygen atoms in total. The zero-order valence-corrected chi connectivity index (χ0v) is 34.6. The van der Waals surface area contributed by atoms with Gasteiger partial charge >= 0.3 is 0 Å². The quantitative estimate of drug-likeness (QED) is 0.189. The molecular weight excluding hydrogens is 860 g/mol. The Bertz CT molecular complexity index is 1090. The fourth-order valence-electron chi connectivity index (χ4n) is 2.70. The summed E-state index contributed by atoms with van der Waals surface area (Å²) in [7, 11) is 0. The Balaban J connectivity index is 0. The lowest BCUT2D eigenvalue weighted by Gasteiger charge is -2.15. The van der Waals surface area contributed by atoms with E-state index < -0.39 is 0 Å². The molecule has 232 valence electrons. The van der Waals surface area contributed by atoms with Gasteiger partial charge in [-0.3, -0.25) is 14.4 Å². The number of Topliss-reactive ketones (excluding diaryl/α,β-unsaturated/α-hetero) is 2. The van der Waals surface area contributed by atoms with Crippen LogP contribution < -0.4 is 0 Å². The molecule has 0 aliphatic rings. The lowest BCUT2D eigenvalue weighted by Crippen LogP contribution is -2.11. The molecule has 3 aromatic rings. The summed E-state index contributed by atoms with van der Waals surface area (Å²) < 4.78 is 1.94. The summed E-state index contributed by atoms with van der Waals surface area (Å²) in [5, 5.41) is 5.77. The molecule has 0 bridgehead atoms. The van der Waals surface area contributed by atoms with Crippen molar-refractivity contribution < 1.29 is 14.4 Å². The van der Waals surface area contributed by atoms with E-state index in [0.29, 0.717) is 19.3 Å². The number of rotatable bonds is 5. The molecular formula is C30H41Br4ClO3S3. The Kier molecular flexibility index (Phi) is 23.2. The summed E-state index contributed by atoms with van der Waals surface area (Å²) in [6.45, 7) is 18.4. The van der Waals surface area contributed by atoms with Crippen molar-refractivity contribution in [2.45, 2.75) is 81.6 Å². The van der Waals surface area contributed by atoms with Gasteiger partial charge in [-0.2, -0.15) is 11.3 Å². The third-order valence-electron chi connectivity index (χ3n) is 4.19. The van der Waals surface area contributed by atoms with Crippen LogP contribution in [0, 0.1) is 16.2 Å². The van der Waals surface area contributed by atoms with Crippen LogP contribution in [0.5, 0.6) is 0 Å². The van der Waals surface area contributed by atoms with Gasteiger partial charge in [0.2, 0.25) is 5.24 Å². The van der Waals surface area contributed by atoms with E-state index in [4.69, 9.17) is 11.6 Å². The van der Waals surface area contributed by atoms with Crippen molar-refractivity contribution in [3.63, 3.8) is 0 Å². The number of halogens is 5. The first-order chi connectivity index (χ1) is 18.7. The number of thiophene rings is 3. The number of carbonyl (C=O) groups excluding carboxylic acids is 3. The van der Waals surface area contributed by atoms with Gasteiger partial charge < -0.3 is 0 Å². The molecule has 0 aliphatic carbocycles. The van der Waals surface area contributed by atoms with E-state index >= 15 is 0 Å². The first-order valence-corrected chi connectivity index (χ1v) is 20.9. The molecule has 0 N–H and O–H groups in total. The smallest absolute Gasteiger partial charge is 0.222 e. The Labute approximate surface area is 296 Å². The van der Waals surface area contributed by atoms with Crippen LogP contribution in [0.4, 0.5) is 0 Å². The van der Waals surface area contributed by atoms with Crippen LogP contribution in [0.2, 0.25) is 0 Å². The third kappa shape index (κ3) is 26.4. The molecule has 3 heterocycles. The highest BCUT2D eigenvalue weighted by Crippen LogP contribution is 2.34. The van der Waals surface area contributed by atoms with Crippen LogP contribution in [0.15, 0.2) is 54.7 Å². The van der Waals surface area contributed by atoms with Gasteiger partial charge in [-0.05, 0) is 88.0 Å². The molecule has 11 heteroatoms. The second kappa shape index (κ2) is 21.9. The van der Waals surface area contributed by atoms with Gasteiger partial charge in [-0.15, -0.1) is 22.7 Å². The van der Waals surface area contributed by atoms with Crippen molar-refractivity contribution in [2.24, 2.45) is 16.2 Å². The van der Waals surface area contributed by atoms with Gasteiger partial charge in [-0.25, -0.2) is 0 Å². The summed E-state index contributed by atoms with van der Waals surface area (Å²) in [6.07, 6.45) is 1.68. The van der Waals surface area contributed by atoms with E-state index in [9.17, 15) is 14.4 Å². The van der Waals surface area contributed by atoms with E-state index in [1.165, 1.54) is 22.7 Å². The Hall–Kier alpha value is 0.320. The van der Waals surface area contributed by atoms with Crippen LogP contribution in [-0.2, 0) is 4.79 Å². The normalized spacial score (nSPS) is 10.8. The molecule has 0 spiro atoms. The summed E-state index contributed by atoms with van der Waals surface area (Å²) in [4.78, 5) is 35.2. The number of carbonyl (C=O) groups is 3. The molecule has 0 fully saturated rings. The van der Waals surface area contributed by atoms with Crippen LogP contribution in [0.1, 0.15) is 101 Å². The molecule has 0 atom stereocenters. The van der Waals surface area contributed by atoms with E-state index in [1.54, 1.807) is 11.3 Å². The number of hydrogen-bond acceptors (Lipinski definition) is 6. The zero-order chi connectivity index (χ0) is 32.4. The average molecular weight is 901 g/mol. The molecule has 0 saturated carbocycles. The monoisotopic (exact) mass is 896 g/mol. The minimum absolute atomic E-state index is 0.0405. The molecule has 3 rings (SSSR count). The van der Waals surface area contributed by atoms with Crippen molar-refractivity contribution in [1.29, 1.82) is 0 Å². The Morgan fingerprint density at radius 3 is 1.39 bits per heavy atom. The number of hydrogen-bond donors (Lipinski definition) is 0. The summed E-state index contributed by atoms with van der Waals surface area (Å²) in [5.74, 6) is 0.478. The third-order valence-corrected chi connectivity index (χ3v) is 9.16. The van der Waals surface area contributed by atoms with E-state index in [-0.39, 0.29) is 33.1 Å². The Morgan fingerprint density at radius 1 is 0.707 bits per heavy atom. The fraction of sp³-hybridized carbons (Fsp3) is 0.500. The van der Waals surface area contributed by atoms with Crippen molar-refractivity contribution >= 4 is 123 Å². The standard InChI is InChI=1S/C10H12Br2OS.C10H14OS.C6H11ClO.C4H4S.Br2/c1-10(2,3)5-7(13)8-4-6(11)9(12)14-8;1-10(2,3)7-8(11)9-5-4-6-12-9;1-6(2,3)4-5(7)8;1-2-4-5-3-1;1-2/h4H,5H2,1-3H3;4-6H,7H2,1-3H3;4H2,1-3H3;1-4H;. The predicted octanol–water partition coefficient (Wildman–Crippen LogP) is 13.9. The second-order valence-corrected chi connectivity index (χ2v) is 17.8. The summed E-state index contributed by atoms with van der Waals surface area (Å²) >= 11 is 22.1. The van der Waals surface area contributed by atoms with Crippen molar-refractivity contribution in [3.05, 3.63) is 64.5 Å². The van der Waals surface area contributed by atoms with E-state index in [1.807, 2.05) is 67.2 Å². The summed E-state index contributed by atoms with van der Waals surface area (Å²) in [5.41, 5.74) is 0.194. The fourth-order valence-corrected chi connectivity index (χ4v) is 6.19. The van der Waals surface area contributed by atoms with Crippen LogP contribution in [-0.4, -0.2) is 16.8 Å². The molecule has 0 radical (unpaired) electrons. The maximum Gasteiger partial charge on any atom is 0.222 e. The van der Waals surface area contributed by atoms with Crippen LogP contribution >= 0.6 is 106 Å². The average Bonchev–Trinajstić information content (AvgIpc) is 3.57. The number of ketones is 2. The van der Waals surface area contributed by atoms with Crippen LogP contribution in [0.3, 0.4) is 0 Å². The Morgan fingerprint density at radius 2 is 1.15 bits per heavy atom. The topological polar surface area (TPSA) is 51.2 Å². The van der Waals surface area contributed by atoms with Gasteiger partial charge in [-0.1, -0.05) is 80.5 Å². The highest BCUT2D eigenvalue weighted by atomic mass is 80.9. The van der Waals surface area contributed by atoms with Gasteiger partial charge in [0.15, 0.2) is 11.6 Å². The minimum Gasteiger partial charge on any atom is -0.293 e. The summed E-state index contributed by atoms with van der Waals surface area (Å²) in [6, 6.07) is 9.72. The highest BCUT2D eigenvalue weighted by Gasteiger charge is 2.20. The van der Waals surface area contributed by atoms with Crippen molar-refractivity contribution in [2.75, 3.05) is 0 Å². The lowest BCUT2D eigenvalue weighted by atomic mass is 9.89. The highest BCUT2D eigenvalue weighted by molar-refractivity contribution is 9.93.